The van der Waals surface area contributed by atoms with E-state index >= 15 is 0 Å². The molecule has 11 nitrogen and oxygen atoms in total. The third kappa shape index (κ3) is 6.32. The second-order valence-electron chi connectivity index (χ2n) is 8.84. The van der Waals surface area contributed by atoms with Crippen molar-refractivity contribution in [2.75, 3.05) is 19.0 Å². The minimum absolute atomic E-state index is 0.0876. The van der Waals surface area contributed by atoms with Crippen LogP contribution in [0.25, 0.3) is 11.0 Å². The lowest BCUT2D eigenvalue weighted by atomic mass is 10.1. The number of nitrogens with two attached hydrogens (primary N) is 1. The van der Waals surface area contributed by atoms with Crippen LogP contribution in [0.1, 0.15) is 39.0 Å². The Morgan fingerprint density at radius 1 is 1.10 bits per heavy atom. The molecule has 0 bridgehead atoms. The summed E-state index contributed by atoms with van der Waals surface area (Å²) in [5.74, 6) is -0.443. The van der Waals surface area contributed by atoms with Crippen LogP contribution in [0.4, 0.5) is 5.95 Å². The molecule has 0 aliphatic heterocycles. The van der Waals surface area contributed by atoms with Gasteiger partial charge >= 0.3 is 0 Å². The number of fused-ring (bicyclic) bond motifs is 1. The van der Waals surface area contributed by atoms with Crippen LogP contribution >= 0.6 is 0 Å². The predicted octanol–water partition coefficient (Wildman–Crippen LogP) is 2.84. The lowest BCUT2D eigenvalue weighted by Gasteiger charge is -2.11. The van der Waals surface area contributed by atoms with E-state index < -0.39 is 5.91 Å². The van der Waals surface area contributed by atoms with Gasteiger partial charge in [0.2, 0.25) is 17.8 Å². The second kappa shape index (κ2) is 12.1. The number of hydrogen-bond donors (Lipinski definition) is 3. The molecular weight excluding hydrogens is 498 g/mol. The van der Waals surface area contributed by atoms with Crippen molar-refractivity contribution in [2.24, 2.45) is 5.73 Å². The fraction of sp³-hybridized carbons (Fsp3) is 0.250. The first-order valence-corrected chi connectivity index (χ1v) is 12.5. The van der Waals surface area contributed by atoms with Crippen molar-refractivity contribution >= 4 is 34.7 Å². The van der Waals surface area contributed by atoms with Crippen molar-refractivity contribution in [2.45, 2.75) is 33.4 Å². The molecule has 0 saturated heterocycles. The molecule has 0 aliphatic carbocycles. The molecule has 4 aromatic rings. The molecule has 4 rings (SSSR count). The molecule has 0 fully saturated rings. The third-order valence-corrected chi connectivity index (χ3v) is 6.05. The van der Waals surface area contributed by atoms with Crippen molar-refractivity contribution in [1.29, 1.82) is 0 Å². The first-order valence-electron chi connectivity index (χ1n) is 12.5. The van der Waals surface area contributed by atoms with Crippen LogP contribution in [-0.4, -0.2) is 50.7 Å². The number of primary amides is 1. The number of amides is 3. The highest BCUT2D eigenvalue weighted by Crippen LogP contribution is 2.31. The largest absolute Gasteiger partial charge is 0.494 e. The smallest absolute Gasteiger partial charge is 0.276 e. The molecule has 11 heteroatoms. The molecule has 0 saturated carbocycles. The maximum absolute atomic E-state index is 13.2. The number of benzene rings is 2. The summed E-state index contributed by atoms with van der Waals surface area (Å²) in [6, 6.07) is 14.3. The minimum Gasteiger partial charge on any atom is -0.494 e. The molecule has 39 heavy (non-hydrogen) atoms. The van der Waals surface area contributed by atoms with E-state index in [1.165, 1.54) is 13.2 Å². The summed E-state index contributed by atoms with van der Waals surface area (Å²) < 4.78 is 8.92. The molecule has 0 spiro atoms. The van der Waals surface area contributed by atoms with Crippen molar-refractivity contribution in [1.82, 2.24) is 24.6 Å². The zero-order valence-electron chi connectivity index (χ0n) is 22.1. The molecule has 0 radical (unpaired) electrons. The fourth-order valence-electron chi connectivity index (χ4n) is 4.22. The van der Waals surface area contributed by atoms with Crippen LogP contribution in [0, 0.1) is 6.92 Å². The average molecular weight is 530 g/mol. The van der Waals surface area contributed by atoms with Gasteiger partial charge in [0, 0.05) is 25.2 Å². The Hall–Kier alpha value is -4.93. The van der Waals surface area contributed by atoms with E-state index in [2.05, 4.69) is 20.7 Å². The van der Waals surface area contributed by atoms with Gasteiger partial charge in [-0.25, -0.2) is 4.98 Å². The topological polar surface area (TPSA) is 146 Å². The Morgan fingerprint density at radius 2 is 1.87 bits per heavy atom. The van der Waals surface area contributed by atoms with E-state index in [-0.39, 0.29) is 23.3 Å². The Labute approximate surface area is 225 Å². The summed E-state index contributed by atoms with van der Waals surface area (Å²) in [6.07, 6.45) is 3.96. The van der Waals surface area contributed by atoms with E-state index in [9.17, 15) is 14.4 Å². The van der Waals surface area contributed by atoms with Gasteiger partial charge in [-0.2, -0.15) is 5.10 Å². The number of nitrogens with one attached hydrogen (secondary N) is 2. The number of hydrogen-bond acceptors (Lipinski definition) is 6. The molecule has 2 heterocycles. The second-order valence-corrected chi connectivity index (χ2v) is 8.84. The normalized spacial score (nSPS) is 11.2. The third-order valence-electron chi connectivity index (χ3n) is 6.05. The number of nitrogens with zero attached hydrogens (tertiary/aromatic N) is 4. The summed E-state index contributed by atoms with van der Waals surface area (Å²) in [7, 11) is 1.48. The quantitative estimate of drug-likeness (QED) is 0.255. The van der Waals surface area contributed by atoms with Crippen LogP contribution in [-0.2, 0) is 24.3 Å². The molecule has 2 aromatic heterocycles. The SMILES string of the molecule is CCn1nc(C)cc1C(=O)Nc1nc2cc(C(N)=O)cc(OC)c2n1CC=CCNC(=O)Cc1ccccc1. The lowest BCUT2D eigenvalue weighted by Crippen LogP contribution is -2.25. The van der Waals surface area contributed by atoms with Gasteiger partial charge in [-0.1, -0.05) is 42.5 Å². The van der Waals surface area contributed by atoms with Crippen LogP contribution in [0.3, 0.4) is 0 Å². The monoisotopic (exact) mass is 529 g/mol. The first-order chi connectivity index (χ1) is 18.8. The predicted molar refractivity (Wildman–Crippen MR) is 148 cm³/mol. The molecule has 4 N–H and O–H groups in total. The number of allylic oxidation sites excluding steroid dienone is 1. The molecule has 202 valence electrons. The molecule has 2 aromatic carbocycles. The summed E-state index contributed by atoms with van der Waals surface area (Å²) in [6.45, 7) is 4.88. The highest BCUT2D eigenvalue weighted by Gasteiger charge is 2.21. The maximum atomic E-state index is 13.2. The standard InChI is InChI=1S/C28H31N7O4/c1-4-35-22(14-18(2)33-35)27(38)32-28-31-21-16-20(26(29)37)17-23(39-3)25(21)34(28)13-9-8-12-30-24(36)15-19-10-6-5-7-11-19/h5-11,14,16-17H,4,12-13,15H2,1-3H3,(H2,29,37)(H,30,36)(H,31,32,38). The summed E-state index contributed by atoms with van der Waals surface area (Å²) in [5.41, 5.74) is 8.80. The Bertz CT molecular complexity index is 1540. The van der Waals surface area contributed by atoms with Gasteiger partial charge in [0.25, 0.3) is 5.91 Å². The van der Waals surface area contributed by atoms with E-state index in [4.69, 9.17) is 10.5 Å². The first kappa shape index (κ1) is 27.1. The summed E-state index contributed by atoms with van der Waals surface area (Å²) in [4.78, 5) is 41.9. The minimum atomic E-state index is -0.621. The number of methoxy groups -OCH3 is 1. The van der Waals surface area contributed by atoms with E-state index in [0.29, 0.717) is 48.5 Å². The van der Waals surface area contributed by atoms with E-state index in [1.807, 2.05) is 56.3 Å². The van der Waals surface area contributed by atoms with Crippen LogP contribution in [0.2, 0.25) is 0 Å². The zero-order valence-corrected chi connectivity index (χ0v) is 22.1. The van der Waals surface area contributed by atoms with Gasteiger partial charge in [-0.3, -0.25) is 24.4 Å². The molecular formula is C28H31N7O4. The van der Waals surface area contributed by atoms with Crippen LogP contribution < -0.4 is 21.1 Å². The van der Waals surface area contributed by atoms with Crippen LogP contribution in [0.5, 0.6) is 5.75 Å². The zero-order chi connectivity index (χ0) is 27.9. The fourth-order valence-corrected chi connectivity index (χ4v) is 4.22. The Balaban J connectivity index is 1.58. The highest BCUT2D eigenvalue weighted by atomic mass is 16.5. The molecule has 0 atom stereocenters. The molecule has 3 amide bonds. The number of carbonyl (C=O) groups excluding carboxylic acids is 3. The summed E-state index contributed by atoms with van der Waals surface area (Å²) >= 11 is 0. The van der Waals surface area contributed by atoms with E-state index in [1.54, 1.807) is 21.4 Å². The van der Waals surface area contributed by atoms with Crippen molar-refractivity contribution < 1.29 is 19.1 Å². The van der Waals surface area contributed by atoms with Crippen molar-refractivity contribution in [3.8, 4) is 5.75 Å². The van der Waals surface area contributed by atoms with E-state index in [0.717, 1.165) is 11.3 Å². The maximum Gasteiger partial charge on any atom is 0.276 e. The van der Waals surface area contributed by atoms with Gasteiger partial charge in [-0.05, 0) is 37.6 Å². The van der Waals surface area contributed by atoms with Crippen LogP contribution in [0.15, 0.2) is 60.7 Å². The average Bonchev–Trinajstić information content (AvgIpc) is 3.47. The lowest BCUT2D eigenvalue weighted by molar-refractivity contribution is -0.120. The number of ether oxygens (including phenoxy) is 1. The Morgan fingerprint density at radius 3 is 2.56 bits per heavy atom. The van der Waals surface area contributed by atoms with Gasteiger partial charge in [-0.15, -0.1) is 0 Å². The van der Waals surface area contributed by atoms with Gasteiger partial charge in [0.05, 0.1) is 24.7 Å². The number of imidazole rings is 1. The number of anilines is 1. The number of aryl methyl sites for hydroxylation is 2. The van der Waals surface area contributed by atoms with Crippen molar-refractivity contribution in [3.63, 3.8) is 0 Å². The Kier molecular flexibility index (Phi) is 8.40. The highest BCUT2D eigenvalue weighted by molar-refractivity contribution is 6.04. The molecule has 0 unspecified atom stereocenters. The molecule has 0 aliphatic rings. The van der Waals surface area contributed by atoms with Gasteiger partial charge in [0.15, 0.2) is 0 Å². The van der Waals surface area contributed by atoms with Gasteiger partial charge in [0.1, 0.15) is 17.0 Å². The number of aromatic nitrogens is 4. The summed E-state index contributed by atoms with van der Waals surface area (Å²) in [5, 5.41) is 10.1. The van der Waals surface area contributed by atoms with Crippen molar-refractivity contribution in [3.05, 3.63) is 83.2 Å². The van der Waals surface area contributed by atoms with Gasteiger partial charge < -0.3 is 20.4 Å². The number of rotatable bonds is 11. The number of carbonyl (C=O) groups is 3.